The summed E-state index contributed by atoms with van der Waals surface area (Å²) in [4.78, 5) is 7.57. The molecule has 0 aliphatic carbocycles. The lowest BCUT2D eigenvalue weighted by atomic mass is 10.4. The summed E-state index contributed by atoms with van der Waals surface area (Å²) in [5.74, 6) is 0. The van der Waals surface area contributed by atoms with Gasteiger partial charge in [-0.1, -0.05) is 6.92 Å². The van der Waals surface area contributed by atoms with E-state index in [1.807, 2.05) is 19.2 Å². The fourth-order valence-corrected chi connectivity index (χ4v) is 3.67. The maximum absolute atomic E-state index is 12.5. The molecule has 2 aromatic rings. The van der Waals surface area contributed by atoms with Gasteiger partial charge in [0.25, 0.3) is 0 Å². The zero-order chi connectivity index (χ0) is 15.5. The first-order valence-corrected chi connectivity index (χ1v) is 9.00. The highest BCUT2D eigenvalue weighted by molar-refractivity contribution is 7.89. The second kappa shape index (κ2) is 6.69. The first kappa shape index (κ1) is 16.2. The molecule has 0 aliphatic rings. The Balaban J connectivity index is 2.11. The highest BCUT2D eigenvalue weighted by atomic mass is 32.2. The number of H-pyrrole nitrogens is 1. The Morgan fingerprint density at radius 3 is 2.86 bits per heavy atom. The Labute approximate surface area is 129 Å². The highest BCUT2D eigenvalue weighted by Crippen LogP contribution is 2.18. The third kappa shape index (κ3) is 3.91. The van der Waals surface area contributed by atoms with Crippen LogP contribution in [0.3, 0.4) is 0 Å². The Morgan fingerprint density at radius 1 is 1.48 bits per heavy atom. The van der Waals surface area contributed by atoms with Crippen LogP contribution < -0.4 is 5.32 Å². The maximum Gasteiger partial charge on any atom is 0.244 e. The van der Waals surface area contributed by atoms with Gasteiger partial charge in [0.1, 0.15) is 0 Å². The van der Waals surface area contributed by atoms with Gasteiger partial charge in [0.05, 0.1) is 22.1 Å². The second-order valence-corrected chi connectivity index (χ2v) is 7.87. The van der Waals surface area contributed by atoms with E-state index < -0.39 is 10.0 Å². The van der Waals surface area contributed by atoms with Gasteiger partial charge in [-0.3, -0.25) is 0 Å². The molecule has 2 heterocycles. The Hall–Kier alpha value is -1.22. The molecule has 21 heavy (non-hydrogen) atoms. The van der Waals surface area contributed by atoms with Gasteiger partial charge in [-0.2, -0.15) is 4.31 Å². The van der Waals surface area contributed by atoms with Crippen molar-refractivity contribution in [3.63, 3.8) is 0 Å². The number of thiazole rings is 1. The molecule has 0 saturated heterocycles. The number of hydrogen-bond donors (Lipinski definition) is 2. The summed E-state index contributed by atoms with van der Waals surface area (Å²) in [5.41, 5.74) is 1.63. The van der Waals surface area contributed by atoms with E-state index in [4.69, 9.17) is 0 Å². The van der Waals surface area contributed by atoms with Crippen LogP contribution in [0, 0.1) is 6.92 Å². The number of aromatic nitrogens is 2. The molecule has 0 aromatic carbocycles. The summed E-state index contributed by atoms with van der Waals surface area (Å²) in [7, 11) is -1.92. The number of hydrogen-bond acceptors (Lipinski definition) is 5. The predicted molar refractivity (Wildman–Crippen MR) is 83.7 cm³/mol. The van der Waals surface area contributed by atoms with Crippen molar-refractivity contribution in [2.45, 2.75) is 31.8 Å². The molecule has 2 rings (SSSR count). The fourth-order valence-electron chi connectivity index (χ4n) is 1.90. The monoisotopic (exact) mass is 328 g/mol. The third-order valence-corrected chi connectivity index (χ3v) is 5.64. The van der Waals surface area contributed by atoms with E-state index in [0.717, 1.165) is 22.9 Å². The van der Waals surface area contributed by atoms with Crippen molar-refractivity contribution in [2.75, 3.05) is 13.6 Å². The Bertz CT molecular complexity index is 691. The summed E-state index contributed by atoms with van der Waals surface area (Å²) >= 11 is 1.52. The van der Waals surface area contributed by atoms with Crippen LogP contribution in [0.1, 0.15) is 23.3 Å². The van der Waals surface area contributed by atoms with Crippen LogP contribution in [0.4, 0.5) is 0 Å². The molecule has 0 radical (unpaired) electrons. The summed E-state index contributed by atoms with van der Waals surface area (Å²) < 4.78 is 26.3. The van der Waals surface area contributed by atoms with Crippen molar-refractivity contribution in [3.8, 4) is 0 Å². The predicted octanol–water partition coefficient (Wildman–Crippen LogP) is 1.71. The van der Waals surface area contributed by atoms with E-state index in [0.29, 0.717) is 6.54 Å². The smallest absolute Gasteiger partial charge is 0.244 e. The minimum absolute atomic E-state index is 0.278. The minimum Gasteiger partial charge on any atom is -0.363 e. The van der Waals surface area contributed by atoms with Gasteiger partial charge < -0.3 is 10.3 Å². The molecular weight excluding hydrogens is 308 g/mol. The van der Waals surface area contributed by atoms with Crippen molar-refractivity contribution in [1.82, 2.24) is 19.6 Å². The molecule has 0 atom stereocenters. The van der Waals surface area contributed by atoms with E-state index >= 15 is 0 Å². The summed E-state index contributed by atoms with van der Waals surface area (Å²) in [5, 5.41) is 5.97. The van der Waals surface area contributed by atoms with E-state index in [1.54, 1.807) is 13.1 Å². The third-order valence-electron chi connectivity index (χ3n) is 3.04. The number of aryl methyl sites for hydroxylation is 1. The van der Waals surface area contributed by atoms with E-state index in [-0.39, 0.29) is 11.4 Å². The molecule has 116 valence electrons. The largest absolute Gasteiger partial charge is 0.363 e. The molecule has 6 nitrogen and oxygen atoms in total. The van der Waals surface area contributed by atoms with Gasteiger partial charge in [-0.25, -0.2) is 13.4 Å². The van der Waals surface area contributed by atoms with Crippen LogP contribution in [0.5, 0.6) is 0 Å². The molecule has 2 aromatic heterocycles. The van der Waals surface area contributed by atoms with Gasteiger partial charge in [-0.05, 0) is 19.5 Å². The lowest BCUT2D eigenvalue weighted by Gasteiger charge is -2.14. The zero-order valence-electron chi connectivity index (χ0n) is 12.4. The molecule has 0 aliphatic heterocycles. The molecule has 0 fully saturated rings. The zero-order valence-corrected chi connectivity index (χ0v) is 14.0. The van der Waals surface area contributed by atoms with Gasteiger partial charge in [-0.15, -0.1) is 11.3 Å². The second-order valence-electron chi connectivity index (χ2n) is 4.76. The van der Waals surface area contributed by atoms with Crippen LogP contribution in [0.25, 0.3) is 0 Å². The number of aromatic amines is 1. The fraction of sp³-hybridized carbons (Fsp3) is 0.462. The SMILES string of the molecule is CCNCc1cc(S(=O)(=O)N(C)Cc2csc(C)n2)c[nH]1. The molecular formula is C13H20N4O2S2. The van der Waals surface area contributed by atoms with Crippen molar-refractivity contribution in [1.29, 1.82) is 0 Å². The van der Waals surface area contributed by atoms with E-state index in [1.165, 1.54) is 21.8 Å². The average molecular weight is 328 g/mol. The normalized spacial score (nSPS) is 12.2. The van der Waals surface area contributed by atoms with E-state index in [9.17, 15) is 8.42 Å². The van der Waals surface area contributed by atoms with Crippen LogP contribution >= 0.6 is 11.3 Å². The van der Waals surface area contributed by atoms with Crippen molar-refractivity contribution in [2.24, 2.45) is 0 Å². The Kier molecular flexibility index (Phi) is 5.15. The van der Waals surface area contributed by atoms with Crippen LogP contribution in [-0.2, 0) is 23.1 Å². The lowest BCUT2D eigenvalue weighted by molar-refractivity contribution is 0.463. The summed E-state index contributed by atoms with van der Waals surface area (Å²) in [6, 6.07) is 1.67. The van der Waals surface area contributed by atoms with Crippen molar-refractivity contribution in [3.05, 3.63) is 34.0 Å². The summed E-state index contributed by atoms with van der Waals surface area (Å²) in [6.45, 7) is 5.65. The minimum atomic E-state index is -3.49. The van der Waals surface area contributed by atoms with Gasteiger partial charge in [0, 0.05) is 30.9 Å². The Morgan fingerprint density at radius 2 is 2.24 bits per heavy atom. The van der Waals surface area contributed by atoms with Crippen molar-refractivity contribution < 1.29 is 8.42 Å². The quantitative estimate of drug-likeness (QED) is 0.811. The van der Waals surface area contributed by atoms with Crippen LogP contribution in [-0.4, -0.2) is 36.3 Å². The van der Waals surface area contributed by atoms with E-state index in [2.05, 4.69) is 15.3 Å². The summed E-state index contributed by atoms with van der Waals surface area (Å²) in [6.07, 6.45) is 1.53. The van der Waals surface area contributed by atoms with Crippen molar-refractivity contribution >= 4 is 21.4 Å². The molecule has 0 amide bonds. The standard InChI is InChI=1S/C13H20N4O2S2/c1-4-14-6-11-5-13(7-15-11)21(18,19)17(3)8-12-9-20-10(2)16-12/h5,7,9,14-15H,4,6,8H2,1-3H3. The van der Waals surface area contributed by atoms with Crippen LogP contribution in [0.15, 0.2) is 22.5 Å². The molecule has 8 heteroatoms. The number of nitrogens with zero attached hydrogens (tertiary/aromatic N) is 2. The van der Waals surface area contributed by atoms with Gasteiger partial charge in [0.15, 0.2) is 0 Å². The number of rotatable bonds is 7. The number of sulfonamides is 1. The van der Waals surface area contributed by atoms with Gasteiger partial charge >= 0.3 is 0 Å². The first-order valence-electron chi connectivity index (χ1n) is 6.69. The van der Waals surface area contributed by atoms with Crippen LogP contribution in [0.2, 0.25) is 0 Å². The highest BCUT2D eigenvalue weighted by Gasteiger charge is 2.22. The first-order chi connectivity index (χ1) is 9.93. The molecule has 0 spiro atoms. The molecule has 0 unspecified atom stereocenters. The maximum atomic E-state index is 12.5. The topological polar surface area (TPSA) is 78.1 Å². The molecule has 0 bridgehead atoms. The van der Waals surface area contributed by atoms with Gasteiger partial charge in [0.2, 0.25) is 10.0 Å². The molecule has 2 N–H and O–H groups in total. The average Bonchev–Trinajstić information content (AvgIpc) is 3.06. The number of nitrogens with one attached hydrogen (secondary N) is 2. The lowest BCUT2D eigenvalue weighted by Crippen LogP contribution is -2.26. The molecule has 0 saturated carbocycles.